The molecule has 3 heterocycles. The van der Waals surface area contributed by atoms with Crippen molar-refractivity contribution >= 4 is 34.1 Å². The number of hydrogen-bond donors (Lipinski definition) is 1. The predicted octanol–water partition coefficient (Wildman–Crippen LogP) is 4.46. The first-order valence-corrected chi connectivity index (χ1v) is 10.3. The van der Waals surface area contributed by atoms with Gasteiger partial charge in [-0.2, -0.15) is 0 Å². The molecular formula is C24H25N5O. The highest BCUT2D eigenvalue weighted by atomic mass is 16.2. The number of aryl methyl sites for hydroxylation is 2. The fourth-order valence-electron chi connectivity index (χ4n) is 4.31. The number of carbonyl (C=O) groups excluding carboxylic acids is 1. The Kier molecular flexibility index (Phi) is 4.54. The summed E-state index contributed by atoms with van der Waals surface area (Å²) < 4.78 is 2.19. The van der Waals surface area contributed by atoms with Gasteiger partial charge in [0, 0.05) is 38.1 Å². The molecule has 0 bridgehead atoms. The van der Waals surface area contributed by atoms with Crippen molar-refractivity contribution in [1.29, 1.82) is 0 Å². The maximum atomic E-state index is 12.8. The smallest absolute Gasteiger partial charge is 0.321 e. The maximum Gasteiger partial charge on any atom is 0.321 e. The fourth-order valence-corrected chi connectivity index (χ4v) is 4.31. The van der Waals surface area contributed by atoms with Gasteiger partial charge in [0.2, 0.25) is 0 Å². The van der Waals surface area contributed by atoms with E-state index < -0.39 is 0 Å². The quantitative estimate of drug-likeness (QED) is 0.542. The third-order valence-electron chi connectivity index (χ3n) is 5.68. The van der Waals surface area contributed by atoms with Gasteiger partial charge in [0.05, 0.1) is 16.6 Å². The normalized spacial score (nSPS) is 14.5. The molecule has 6 heteroatoms. The van der Waals surface area contributed by atoms with E-state index in [1.165, 1.54) is 0 Å². The highest BCUT2D eigenvalue weighted by molar-refractivity contribution is 5.90. The van der Waals surface area contributed by atoms with Gasteiger partial charge >= 0.3 is 6.03 Å². The summed E-state index contributed by atoms with van der Waals surface area (Å²) in [6.45, 7) is 6.93. The third kappa shape index (κ3) is 3.34. The number of nitrogens with zero attached hydrogens (tertiary/aromatic N) is 4. The minimum absolute atomic E-state index is 0.0426. The van der Waals surface area contributed by atoms with E-state index in [1.54, 1.807) is 0 Å². The van der Waals surface area contributed by atoms with E-state index in [4.69, 9.17) is 4.98 Å². The van der Waals surface area contributed by atoms with Crippen LogP contribution in [0, 0.1) is 13.8 Å². The number of nitrogens with one attached hydrogen (secondary N) is 1. The molecular weight excluding hydrogens is 374 g/mol. The van der Waals surface area contributed by atoms with Gasteiger partial charge < -0.3 is 19.5 Å². The molecule has 0 atom stereocenters. The Labute approximate surface area is 175 Å². The van der Waals surface area contributed by atoms with Gasteiger partial charge in [0.25, 0.3) is 0 Å². The lowest BCUT2D eigenvalue weighted by molar-refractivity contribution is 0.208. The minimum Gasteiger partial charge on any atom is -0.351 e. The number of benzene rings is 2. The molecule has 1 saturated heterocycles. The number of amides is 2. The Hall–Kier alpha value is -3.54. The summed E-state index contributed by atoms with van der Waals surface area (Å²) in [4.78, 5) is 21.9. The van der Waals surface area contributed by atoms with Crippen LogP contribution in [0.25, 0.3) is 16.6 Å². The summed E-state index contributed by atoms with van der Waals surface area (Å²) in [5.41, 5.74) is 6.33. The third-order valence-corrected chi connectivity index (χ3v) is 5.68. The Morgan fingerprint density at radius 1 is 0.900 bits per heavy atom. The second kappa shape index (κ2) is 7.37. The molecule has 5 rings (SSSR count). The summed E-state index contributed by atoms with van der Waals surface area (Å²) in [7, 11) is 0. The van der Waals surface area contributed by atoms with Crippen molar-refractivity contribution in [2.45, 2.75) is 13.8 Å². The van der Waals surface area contributed by atoms with Gasteiger partial charge in [-0.3, -0.25) is 0 Å². The van der Waals surface area contributed by atoms with Gasteiger partial charge in [-0.15, -0.1) is 0 Å². The van der Waals surface area contributed by atoms with E-state index >= 15 is 0 Å². The molecule has 0 unspecified atom stereocenters. The van der Waals surface area contributed by atoms with Crippen LogP contribution >= 0.6 is 0 Å². The van der Waals surface area contributed by atoms with Gasteiger partial charge in [-0.1, -0.05) is 18.2 Å². The van der Waals surface area contributed by atoms with Crippen LogP contribution in [-0.4, -0.2) is 46.5 Å². The number of urea groups is 1. The molecule has 0 aliphatic carbocycles. The SMILES string of the molecule is Cc1cc(C)cc(NC(=O)N2CCN(c3nc4ccccc4n4cccc34)CC2)c1. The van der Waals surface area contributed by atoms with E-state index in [9.17, 15) is 4.79 Å². The van der Waals surface area contributed by atoms with Crippen molar-refractivity contribution in [3.05, 3.63) is 71.9 Å². The molecule has 0 saturated carbocycles. The molecule has 1 fully saturated rings. The standard InChI is InChI=1S/C24H25N5O/c1-17-14-18(2)16-19(15-17)25-24(30)28-12-10-27(11-13-28)23-22-8-5-9-29(22)21-7-4-3-6-20(21)26-23/h3-9,14-16H,10-13H2,1-2H3,(H,25,30). The average Bonchev–Trinajstić information content (AvgIpc) is 3.23. The molecule has 1 aliphatic rings. The average molecular weight is 399 g/mol. The summed E-state index contributed by atoms with van der Waals surface area (Å²) in [5, 5.41) is 3.05. The summed E-state index contributed by atoms with van der Waals surface area (Å²) >= 11 is 0. The fraction of sp³-hybridized carbons (Fsp3) is 0.250. The number of carbonyl (C=O) groups is 1. The summed E-state index contributed by atoms with van der Waals surface area (Å²) in [6.07, 6.45) is 2.08. The predicted molar refractivity (Wildman–Crippen MR) is 121 cm³/mol. The van der Waals surface area contributed by atoms with Crippen molar-refractivity contribution in [3.8, 4) is 0 Å². The van der Waals surface area contributed by atoms with Gasteiger partial charge in [-0.25, -0.2) is 9.78 Å². The first-order chi connectivity index (χ1) is 14.6. The van der Waals surface area contributed by atoms with Crippen LogP contribution in [-0.2, 0) is 0 Å². The number of hydrogen-bond acceptors (Lipinski definition) is 3. The van der Waals surface area contributed by atoms with E-state index in [2.05, 4.69) is 45.1 Å². The van der Waals surface area contributed by atoms with Crippen molar-refractivity contribution in [2.75, 3.05) is 36.4 Å². The number of aromatic nitrogens is 2. The van der Waals surface area contributed by atoms with E-state index in [-0.39, 0.29) is 6.03 Å². The lowest BCUT2D eigenvalue weighted by atomic mass is 10.1. The molecule has 2 amide bonds. The van der Waals surface area contributed by atoms with Crippen LogP contribution in [0.15, 0.2) is 60.8 Å². The van der Waals surface area contributed by atoms with Crippen LogP contribution < -0.4 is 10.2 Å². The van der Waals surface area contributed by atoms with Crippen LogP contribution in [0.4, 0.5) is 16.3 Å². The zero-order valence-corrected chi connectivity index (χ0v) is 17.3. The lowest BCUT2D eigenvalue weighted by Gasteiger charge is -2.35. The first kappa shape index (κ1) is 18.5. The molecule has 2 aromatic heterocycles. The minimum atomic E-state index is -0.0426. The number of piperazine rings is 1. The molecule has 2 aromatic carbocycles. The molecule has 0 spiro atoms. The second-order valence-electron chi connectivity index (χ2n) is 7.97. The largest absolute Gasteiger partial charge is 0.351 e. The Morgan fingerprint density at radius 3 is 2.37 bits per heavy atom. The molecule has 4 aromatic rings. The second-order valence-corrected chi connectivity index (χ2v) is 7.97. The van der Waals surface area contributed by atoms with Crippen LogP contribution in [0.2, 0.25) is 0 Å². The zero-order chi connectivity index (χ0) is 20.7. The maximum absolute atomic E-state index is 12.8. The molecule has 1 N–H and O–H groups in total. The molecule has 1 aliphatic heterocycles. The number of para-hydroxylation sites is 2. The number of anilines is 2. The summed E-state index contributed by atoms with van der Waals surface area (Å²) in [6, 6.07) is 18.4. The topological polar surface area (TPSA) is 52.9 Å². The highest BCUT2D eigenvalue weighted by Crippen LogP contribution is 2.26. The Balaban J connectivity index is 1.33. The van der Waals surface area contributed by atoms with E-state index in [0.29, 0.717) is 13.1 Å². The van der Waals surface area contributed by atoms with Crippen molar-refractivity contribution < 1.29 is 4.79 Å². The number of rotatable bonds is 2. The molecule has 152 valence electrons. The van der Waals surface area contributed by atoms with Crippen molar-refractivity contribution in [1.82, 2.24) is 14.3 Å². The highest BCUT2D eigenvalue weighted by Gasteiger charge is 2.24. The zero-order valence-electron chi connectivity index (χ0n) is 17.3. The first-order valence-electron chi connectivity index (χ1n) is 10.3. The molecule has 0 radical (unpaired) electrons. The van der Waals surface area contributed by atoms with Gasteiger partial charge in [-0.05, 0) is 61.4 Å². The summed E-state index contributed by atoms with van der Waals surface area (Å²) in [5.74, 6) is 0.980. The monoisotopic (exact) mass is 399 g/mol. The van der Waals surface area contributed by atoms with E-state index in [1.807, 2.05) is 49.1 Å². The van der Waals surface area contributed by atoms with Crippen molar-refractivity contribution in [2.24, 2.45) is 0 Å². The van der Waals surface area contributed by atoms with Gasteiger partial charge in [0.1, 0.15) is 0 Å². The van der Waals surface area contributed by atoms with Crippen molar-refractivity contribution in [3.63, 3.8) is 0 Å². The Bertz CT molecular complexity index is 1220. The van der Waals surface area contributed by atoms with Gasteiger partial charge in [0.15, 0.2) is 5.82 Å². The number of fused-ring (bicyclic) bond motifs is 3. The van der Waals surface area contributed by atoms with Crippen LogP contribution in [0.3, 0.4) is 0 Å². The van der Waals surface area contributed by atoms with E-state index in [0.717, 1.165) is 52.3 Å². The Morgan fingerprint density at radius 2 is 1.60 bits per heavy atom. The van der Waals surface area contributed by atoms with Crippen LogP contribution in [0.1, 0.15) is 11.1 Å². The molecule has 30 heavy (non-hydrogen) atoms. The van der Waals surface area contributed by atoms with Crippen LogP contribution in [0.5, 0.6) is 0 Å². The molecule has 6 nitrogen and oxygen atoms in total. The lowest BCUT2D eigenvalue weighted by Crippen LogP contribution is -2.50.